The number of aliphatic imine (C=N–C) groups is 1. The minimum absolute atomic E-state index is 0.0963. The van der Waals surface area contributed by atoms with Crippen LogP contribution >= 0.6 is 0 Å². The van der Waals surface area contributed by atoms with E-state index in [1.165, 1.54) is 10.6 Å². The van der Waals surface area contributed by atoms with Gasteiger partial charge in [-0.3, -0.25) is 5.01 Å². The van der Waals surface area contributed by atoms with Gasteiger partial charge in [0.15, 0.2) is 13.5 Å². The summed E-state index contributed by atoms with van der Waals surface area (Å²) in [6.45, 7) is 7.26. The van der Waals surface area contributed by atoms with Crippen LogP contribution in [0.25, 0.3) is 0 Å². The Bertz CT molecular complexity index is 789. The summed E-state index contributed by atoms with van der Waals surface area (Å²) in [5.41, 5.74) is 3.13. The van der Waals surface area contributed by atoms with Crippen LogP contribution in [0.3, 0.4) is 0 Å². The Balaban J connectivity index is 1.79. The van der Waals surface area contributed by atoms with Crippen molar-refractivity contribution in [1.82, 2.24) is 9.91 Å². The van der Waals surface area contributed by atoms with Gasteiger partial charge in [0, 0.05) is 6.54 Å². The molecule has 1 saturated heterocycles. The van der Waals surface area contributed by atoms with Crippen molar-refractivity contribution in [3.8, 4) is 5.75 Å². The lowest BCUT2D eigenvalue weighted by atomic mass is 10.1. The molecule has 0 amide bonds. The summed E-state index contributed by atoms with van der Waals surface area (Å²) in [5.74, 6) is 7.58. The molecule has 0 aliphatic carbocycles. The van der Waals surface area contributed by atoms with Gasteiger partial charge in [-0.1, -0.05) is 43.7 Å². The molecule has 0 aromatic heterocycles. The number of guanidine groups is 1. The zero-order chi connectivity index (χ0) is 20.6. The van der Waals surface area contributed by atoms with Gasteiger partial charge in [0.05, 0.1) is 11.8 Å². The molecule has 1 heterocycles. The largest absolute Gasteiger partial charge is 0.490 e. The van der Waals surface area contributed by atoms with Gasteiger partial charge in [-0.25, -0.2) is 20.6 Å². The Morgan fingerprint density at radius 3 is 2.31 bits per heavy atom. The van der Waals surface area contributed by atoms with Gasteiger partial charge in [-0.05, 0) is 49.6 Å². The molecule has 0 saturated carbocycles. The SMILES string of the molecule is CCC(CC)Oc1ccc(/N=C2\N(N)COOCN2Cc2ccc(C)cc2)cc1. The Hall–Kier alpha value is -2.61. The Morgan fingerprint density at radius 1 is 1.00 bits per heavy atom. The second-order valence-corrected chi connectivity index (χ2v) is 7.11. The normalized spacial score (nSPS) is 16.4. The molecule has 29 heavy (non-hydrogen) atoms. The zero-order valence-electron chi connectivity index (χ0n) is 17.4. The molecule has 7 nitrogen and oxygen atoms in total. The molecule has 0 bridgehead atoms. The molecule has 2 aromatic carbocycles. The van der Waals surface area contributed by atoms with Gasteiger partial charge in [0.1, 0.15) is 5.75 Å². The van der Waals surface area contributed by atoms with E-state index >= 15 is 0 Å². The third-order valence-electron chi connectivity index (χ3n) is 4.80. The highest BCUT2D eigenvalue weighted by Gasteiger charge is 2.22. The monoisotopic (exact) mass is 398 g/mol. The minimum Gasteiger partial charge on any atom is -0.490 e. The van der Waals surface area contributed by atoms with E-state index in [0.717, 1.165) is 29.8 Å². The molecule has 7 heteroatoms. The molecule has 1 aliphatic heterocycles. The molecule has 3 rings (SSSR count). The Morgan fingerprint density at radius 2 is 1.66 bits per heavy atom. The lowest BCUT2D eigenvalue weighted by Gasteiger charge is -2.26. The van der Waals surface area contributed by atoms with Gasteiger partial charge in [0.2, 0.25) is 5.96 Å². The van der Waals surface area contributed by atoms with Crippen molar-refractivity contribution in [2.24, 2.45) is 10.8 Å². The fourth-order valence-corrected chi connectivity index (χ4v) is 3.02. The first-order valence-electron chi connectivity index (χ1n) is 10.0. The minimum atomic E-state index is 0.0963. The highest BCUT2D eigenvalue weighted by Crippen LogP contribution is 2.22. The standard InChI is InChI=1S/C22H30N4O3/c1-4-20(5-2)29-21-12-10-19(11-13-21)24-22-25(15-27-28-16-26(22)23)14-18-8-6-17(3)7-9-18/h6-13,20H,4-5,14-16,23H2,1-3H3/b24-22-. The third kappa shape index (κ3) is 5.93. The number of hydrogen-bond acceptors (Lipinski definition) is 5. The van der Waals surface area contributed by atoms with E-state index in [9.17, 15) is 0 Å². The van der Waals surface area contributed by atoms with E-state index in [4.69, 9.17) is 25.3 Å². The smallest absolute Gasteiger partial charge is 0.220 e. The number of rotatable bonds is 7. The number of ether oxygens (including phenoxy) is 1. The summed E-state index contributed by atoms with van der Waals surface area (Å²) in [6, 6.07) is 16.1. The number of hydrogen-bond donors (Lipinski definition) is 1. The second-order valence-electron chi connectivity index (χ2n) is 7.11. The predicted octanol–water partition coefficient (Wildman–Crippen LogP) is 4.10. The molecular weight excluding hydrogens is 368 g/mol. The molecule has 1 fully saturated rings. The fraction of sp³-hybridized carbons (Fsp3) is 0.409. The van der Waals surface area contributed by atoms with Crippen LogP contribution in [0, 0.1) is 6.92 Å². The van der Waals surface area contributed by atoms with Crippen LogP contribution in [0.1, 0.15) is 37.8 Å². The first-order valence-corrected chi connectivity index (χ1v) is 10.0. The van der Waals surface area contributed by atoms with E-state index in [0.29, 0.717) is 12.5 Å². The second kappa shape index (κ2) is 10.2. The number of nitrogens with two attached hydrogens (primary N) is 1. The molecule has 0 atom stereocenters. The average molecular weight is 399 g/mol. The molecule has 156 valence electrons. The maximum atomic E-state index is 6.16. The van der Waals surface area contributed by atoms with E-state index in [2.05, 4.69) is 45.0 Å². The molecule has 0 spiro atoms. The molecular formula is C22H30N4O3. The molecule has 1 aliphatic rings. The maximum Gasteiger partial charge on any atom is 0.220 e. The number of aryl methyl sites for hydroxylation is 1. The van der Waals surface area contributed by atoms with Crippen molar-refractivity contribution < 1.29 is 14.5 Å². The topological polar surface area (TPSA) is 72.5 Å². The third-order valence-corrected chi connectivity index (χ3v) is 4.80. The summed E-state index contributed by atoms with van der Waals surface area (Å²) < 4.78 is 5.97. The summed E-state index contributed by atoms with van der Waals surface area (Å²) in [6.07, 6.45) is 2.20. The van der Waals surface area contributed by atoms with Crippen molar-refractivity contribution in [3.05, 3.63) is 59.7 Å². The van der Waals surface area contributed by atoms with Gasteiger partial charge >= 0.3 is 0 Å². The number of benzene rings is 2. The highest BCUT2D eigenvalue weighted by molar-refractivity contribution is 5.82. The van der Waals surface area contributed by atoms with Crippen LogP contribution in [-0.4, -0.2) is 35.4 Å². The number of nitrogens with zero attached hydrogens (tertiary/aromatic N) is 3. The van der Waals surface area contributed by atoms with Crippen LogP contribution in [-0.2, 0) is 16.3 Å². The Labute approximate surface area is 172 Å². The highest BCUT2D eigenvalue weighted by atomic mass is 17.2. The van der Waals surface area contributed by atoms with Crippen LogP contribution in [0.5, 0.6) is 5.75 Å². The lowest BCUT2D eigenvalue weighted by molar-refractivity contribution is -0.314. The van der Waals surface area contributed by atoms with Crippen molar-refractivity contribution >= 4 is 11.6 Å². The van der Waals surface area contributed by atoms with Crippen LogP contribution in [0.2, 0.25) is 0 Å². The van der Waals surface area contributed by atoms with Gasteiger partial charge < -0.3 is 9.64 Å². The van der Waals surface area contributed by atoms with Crippen LogP contribution in [0.15, 0.2) is 53.5 Å². The van der Waals surface area contributed by atoms with Gasteiger partial charge in [0.25, 0.3) is 0 Å². The number of hydrazine groups is 1. The summed E-state index contributed by atoms with van der Waals surface area (Å²) >= 11 is 0. The molecule has 0 unspecified atom stereocenters. The van der Waals surface area contributed by atoms with Crippen molar-refractivity contribution in [2.45, 2.75) is 46.3 Å². The predicted molar refractivity (Wildman–Crippen MR) is 113 cm³/mol. The van der Waals surface area contributed by atoms with E-state index in [-0.39, 0.29) is 19.6 Å². The molecule has 2 aromatic rings. The quantitative estimate of drug-likeness (QED) is 0.559. The maximum absolute atomic E-state index is 6.16. The van der Waals surface area contributed by atoms with E-state index in [1.807, 2.05) is 29.2 Å². The van der Waals surface area contributed by atoms with Crippen molar-refractivity contribution in [1.29, 1.82) is 0 Å². The first-order chi connectivity index (χ1) is 14.1. The summed E-state index contributed by atoms with van der Waals surface area (Å²) in [7, 11) is 0. The molecule has 0 radical (unpaired) electrons. The van der Waals surface area contributed by atoms with E-state index < -0.39 is 0 Å². The Kier molecular flexibility index (Phi) is 7.46. The average Bonchev–Trinajstić information content (AvgIpc) is 2.91. The summed E-state index contributed by atoms with van der Waals surface area (Å²) in [5, 5.41) is 1.44. The van der Waals surface area contributed by atoms with Gasteiger partial charge in [-0.2, -0.15) is 0 Å². The van der Waals surface area contributed by atoms with Crippen LogP contribution < -0.4 is 10.6 Å². The van der Waals surface area contributed by atoms with Crippen LogP contribution in [0.4, 0.5) is 5.69 Å². The zero-order valence-corrected chi connectivity index (χ0v) is 17.4. The van der Waals surface area contributed by atoms with Gasteiger partial charge in [-0.15, -0.1) is 0 Å². The fourth-order valence-electron chi connectivity index (χ4n) is 3.02. The summed E-state index contributed by atoms with van der Waals surface area (Å²) in [4.78, 5) is 17.0. The van der Waals surface area contributed by atoms with E-state index in [1.54, 1.807) is 0 Å². The first kappa shape index (κ1) is 21.1. The lowest BCUT2D eigenvalue weighted by Crippen LogP contribution is -2.46. The van der Waals surface area contributed by atoms with Crippen molar-refractivity contribution in [3.63, 3.8) is 0 Å². The molecule has 2 N–H and O–H groups in total. The van der Waals surface area contributed by atoms with Crippen molar-refractivity contribution in [2.75, 3.05) is 13.5 Å².